The lowest BCUT2D eigenvalue weighted by atomic mass is 9.97. The molecule has 22 aromatic rings. The highest BCUT2D eigenvalue weighted by Gasteiger charge is 2.25. The maximum Gasteiger partial charge on any atom is 0.160 e. The molecule has 0 fully saturated rings. The van der Waals surface area contributed by atoms with Gasteiger partial charge in [-0.2, -0.15) is 0 Å². The van der Waals surface area contributed by atoms with Gasteiger partial charge in [-0.15, -0.1) is 22.7 Å². The van der Waals surface area contributed by atoms with Gasteiger partial charge in [-0.25, -0.2) is 15.0 Å². The fourth-order valence-electron chi connectivity index (χ4n) is 16.7. The predicted octanol–water partition coefficient (Wildman–Crippen LogP) is 30.2. The van der Waals surface area contributed by atoms with E-state index in [9.17, 15) is 0 Å². The standard InChI is InChI=1S/C55H36N2S.C54H35N3S/c1-5-15-37(16-6-1)38-25-27-39(28-26-38)44-35-48(40-17-7-2-8-18-40)56-49(36-44)41-29-31-45(32-30-41)57-50-24-14-13-23-46(50)53-51(57)34-33-47-52(42-19-9-3-10-20-42)54(58-55(47)53)43-21-11-4-12-22-43;1-5-15-36(16-6-1)37-25-27-39(28-26-37)47-35-46(38-17-7-2-8-18-38)55-54(56-47)42-29-31-43(32-30-42)57-48-24-14-13-23-44(48)51-49(57)34-33-45-50(40-19-9-3-10-20-40)52(58-53(45)51)41-21-11-4-12-22-41/h1-36H;1-35H. The van der Waals surface area contributed by atoms with Crippen molar-refractivity contribution in [2.75, 3.05) is 0 Å². The van der Waals surface area contributed by atoms with Crippen LogP contribution in [0, 0.1) is 0 Å². The number of para-hydroxylation sites is 2. The monoisotopic (exact) mass is 1510 g/mol. The Morgan fingerprint density at radius 2 is 0.457 bits per heavy atom. The Morgan fingerprint density at radius 3 is 0.836 bits per heavy atom. The number of fused-ring (bicyclic) bond motifs is 10. The van der Waals surface area contributed by atoms with Crippen LogP contribution in [-0.2, 0) is 0 Å². The molecule has 0 atom stereocenters. The summed E-state index contributed by atoms with van der Waals surface area (Å²) >= 11 is 3.79. The van der Waals surface area contributed by atoms with Gasteiger partial charge in [0.1, 0.15) is 0 Å². The molecular formula is C109H71N5S2. The first kappa shape index (κ1) is 69.2. The summed E-state index contributed by atoms with van der Waals surface area (Å²) in [5, 5.41) is 7.64. The third kappa shape index (κ3) is 12.8. The Balaban J connectivity index is 0.000000145. The molecule has 22 rings (SSSR count). The average molecular weight is 1510 g/mol. The summed E-state index contributed by atoms with van der Waals surface area (Å²) in [5.41, 5.74) is 30.5. The number of pyridine rings is 1. The highest BCUT2D eigenvalue weighted by atomic mass is 32.1. The smallest absolute Gasteiger partial charge is 0.160 e. The van der Waals surface area contributed by atoms with E-state index >= 15 is 0 Å². The summed E-state index contributed by atoms with van der Waals surface area (Å²) in [6.45, 7) is 0. The molecule has 16 aromatic carbocycles. The summed E-state index contributed by atoms with van der Waals surface area (Å²) in [6, 6.07) is 154. The molecule has 5 nitrogen and oxygen atoms in total. The number of rotatable bonds is 14. The first-order valence-corrected chi connectivity index (χ1v) is 40.9. The van der Waals surface area contributed by atoms with E-state index < -0.39 is 0 Å². The largest absolute Gasteiger partial charge is 0.309 e. The van der Waals surface area contributed by atoms with Crippen LogP contribution >= 0.6 is 22.7 Å². The van der Waals surface area contributed by atoms with Gasteiger partial charge >= 0.3 is 0 Å². The van der Waals surface area contributed by atoms with Crippen LogP contribution in [0.2, 0.25) is 0 Å². The van der Waals surface area contributed by atoms with E-state index in [1.807, 2.05) is 34.8 Å². The van der Waals surface area contributed by atoms with Gasteiger partial charge in [-0.1, -0.05) is 352 Å². The molecule has 7 heteroatoms. The highest BCUT2D eigenvalue weighted by Crippen LogP contribution is 2.52. The number of hydrogen-bond donors (Lipinski definition) is 0. The second-order valence-corrected chi connectivity index (χ2v) is 31.3. The number of aromatic nitrogens is 5. The number of thiophene rings is 2. The van der Waals surface area contributed by atoms with Crippen LogP contribution in [0.15, 0.2) is 431 Å². The van der Waals surface area contributed by atoms with Crippen molar-refractivity contribution in [2.24, 2.45) is 0 Å². The number of hydrogen-bond acceptors (Lipinski definition) is 5. The first-order chi connectivity index (χ1) is 57.5. The van der Waals surface area contributed by atoms with Crippen molar-refractivity contribution in [1.29, 1.82) is 0 Å². The first-order valence-electron chi connectivity index (χ1n) is 39.3. The van der Waals surface area contributed by atoms with Crippen LogP contribution in [0.1, 0.15) is 0 Å². The third-order valence-corrected chi connectivity index (χ3v) is 24.8. The summed E-state index contributed by atoms with van der Waals surface area (Å²) in [7, 11) is 0. The molecule has 0 bridgehead atoms. The van der Waals surface area contributed by atoms with Crippen molar-refractivity contribution >= 4 is 86.5 Å². The predicted molar refractivity (Wildman–Crippen MR) is 491 cm³/mol. The van der Waals surface area contributed by atoms with Crippen LogP contribution in [0.4, 0.5) is 0 Å². The summed E-state index contributed by atoms with van der Waals surface area (Å²) in [4.78, 5) is 18.1. The zero-order valence-electron chi connectivity index (χ0n) is 63.0. The lowest BCUT2D eigenvalue weighted by Crippen LogP contribution is -1.97. The SMILES string of the molecule is c1ccc(-c2ccc(-c3cc(-c4ccccc4)nc(-c4ccc(-n5c6ccccc6c6c7sc(-c8ccccc8)c(-c8ccccc8)c7ccc65)cc4)c3)cc2)cc1.c1ccc(-c2ccc(-c3cc(-c4ccccc4)nc(-c4ccc(-n5c6ccccc6c6c7sc(-c8ccccc8)c(-c8ccccc8)c7ccc65)cc4)n3)cc2)cc1. The fraction of sp³-hybridized carbons (Fsp3) is 0. The second kappa shape index (κ2) is 30.1. The summed E-state index contributed by atoms with van der Waals surface area (Å²) in [5.74, 6) is 0.694. The van der Waals surface area contributed by atoms with Gasteiger partial charge in [-0.3, -0.25) is 0 Å². The minimum atomic E-state index is 0.694. The topological polar surface area (TPSA) is 48.5 Å². The second-order valence-electron chi connectivity index (χ2n) is 29.3. The molecule has 0 spiro atoms. The summed E-state index contributed by atoms with van der Waals surface area (Å²) < 4.78 is 7.44. The Morgan fingerprint density at radius 1 is 0.181 bits per heavy atom. The van der Waals surface area contributed by atoms with Gasteiger partial charge in [0.25, 0.3) is 0 Å². The van der Waals surface area contributed by atoms with E-state index in [0.717, 1.165) is 73.1 Å². The molecule has 0 amide bonds. The molecule has 0 aliphatic rings. The van der Waals surface area contributed by atoms with Crippen molar-refractivity contribution in [2.45, 2.75) is 0 Å². The van der Waals surface area contributed by atoms with Gasteiger partial charge in [0.15, 0.2) is 5.82 Å². The zero-order valence-corrected chi connectivity index (χ0v) is 64.7. The van der Waals surface area contributed by atoms with Gasteiger partial charge < -0.3 is 9.13 Å². The molecule has 0 radical (unpaired) electrons. The van der Waals surface area contributed by atoms with Crippen LogP contribution in [0.5, 0.6) is 0 Å². The van der Waals surface area contributed by atoms with Crippen molar-refractivity contribution < 1.29 is 0 Å². The molecule has 6 aromatic heterocycles. The van der Waals surface area contributed by atoms with Crippen LogP contribution in [0.3, 0.4) is 0 Å². The lowest BCUT2D eigenvalue weighted by molar-refractivity contribution is 1.16. The minimum absolute atomic E-state index is 0.694. The zero-order chi connectivity index (χ0) is 76.8. The molecular weight excluding hydrogens is 1440 g/mol. The van der Waals surface area contributed by atoms with Gasteiger partial charge in [-0.05, 0) is 134 Å². The maximum atomic E-state index is 5.25. The molecule has 116 heavy (non-hydrogen) atoms. The molecule has 0 aliphatic carbocycles. The Labute approximate surface area is 680 Å². The molecule has 0 saturated heterocycles. The maximum absolute atomic E-state index is 5.25. The summed E-state index contributed by atoms with van der Waals surface area (Å²) in [6.07, 6.45) is 0. The molecule has 0 aliphatic heterocycles. The molecule has 0 saturated carbocycles. The third-order valence-electron chi connectivity index (χ3n) is 22.3. The Hall–Kier alpha value is -14.7. The van der Waals surface area contributed by atoms with Crippen LogP contribution in [0.25, 0.3) is 208 Å². The van der Waals surface area contributed by atoms with E-state index in [4.69, 9.17) is 15.0 Å². The molecule has 544 valence electrons. The van der Waals surface area contributed by atoms with Crippen LogP contribution in [-0.4, -0.2) is 24.1 Å². The quantitative estimate of drug-likeness (QED) is 0.109. The van der Waals surface area contributed by atoms with Crippen molar-refractivity contribution in [3.63, 3.8) is 0 Å². The van der Waals surface area contributed by atoms with Gasteiger partial charge in [0.05, 0.1) is 44.8 Å². The normalized spacial score (nSPS) is 11.4. The van der Waals surface area contributed by atoms with E-state index in [2.05, 4.69) is 428 Å². The van der Waals surface area contributed by atoms with Crippen molar-refractivity contribution in [1.82, 2.24) is 24.1 Å². The van der Waals surface area contributed by atoms with E-state index in [-0.39, 0.29) is 0 Å². The van der Waals surface area contributed by atoms with Crippen molar-refractivity contribution in [3.05, 3.63) is 431 Å². The number of nitrogens with zero attached hydrogens (tertiary/aromatic N) is 5. The van der Waals surface area contributed by atoms with Gasteiger partial charge in [0.2, 0.25) is 0 Å². The van der Waals surface area contributed by atoms with E-state index in [1.165, 1.54) is 129 Å². The van der Waals surface area contributed by atoms with Gasteiger partial charge in [0, 0.05) is 102 Å². The molecule has 0 N–H and O–H groups in total. The number of benzene rings is 16. The lowest BCUT2D eigenvalue weighted by Gasteiger charge is -2.12. The van der Waals surface area contributed by atoms with Crippen LogP contribution < -0.4 is 0 Å². The van der Waals surface area contributed by atoms with E-state index in [1.54, 1.807) is 0 Å². The minimum Gasteiger partial charge on any atom is -0.309 e. The average Bonchev–Trinajstić information content (AvgIpc) is 1.56. The Bertz CT molecular complexity index is 6890. The highest BCUT2D eigenvalue weighted by molar-refractivity contribution is 7.24. The Kier molecular flexibility index (Phi) is 17.9. The molecule has 6 heterocycles. The molecule has 0 unspecified atom stereocenters. The fourth-order valence-corrected chi connectivity index (χ4v) is 19.5. The van der Waals surface area contributed by atoms with E-state index in [0.29, 0.717) is 5.82 Å². The van der Waals surface area contributed by atoms with Crippen molar-refractivity contribution in [3.8, 4) is 144 Å².